The van der Waals surface area contributed by atoms with E-state index < -0.39 is 11.8 Å². The highest BCUT2D eigenvalue weighted by Crippen LogP contribution is 2.41. The Morgan fingerprint density at radius 3 is 2.47 bits per heavy atom. The van der Waals surface area contributed by atoms with Gasteiger partial charge < -0.3 is 14.8 Å². The van der Waals surface area contributed by atoms with E-state index in [2.05, 4.69) is 20.9 Å². The third-order valence-corrected chi connectivity index (χ3v) is 8.12. The summed E-state index contributed by atoms with van der Waals surface area (Å²) in [6.45, 7) is 6.23. The normalized spacial score (nSPS) is 22.8. The highest BCUT2D eigenvalue weighted by atomic mass is 19.3. The topological polar surface area (TPSA) is 55.5 Å². The summed E-state index contributed by atoms with van der Waals surface area (Å²) in [5, 5.41) is 1.04. The molecule has 36 heavy (non-hydrogen) atoms. The van der Waals surface area contributed by atoms with Crippen molar-refractivity contribution in [2.45, 2.75) is 38.0 Å². The van der Waals surface area contributed by atoms with Crippen molar-refractivity contribution >= 4 is 22.6 Å². The Morgan fingerprint density at radius 1 is 1.06 bits per heavy atom. The molecule has 1 saturated carbocycles. The largest absolute Gasteiger partial charge is 0.367 e. The third kappa shape index (κ3) is 4.36. The number of aromatic nitrogens is 2. The van der Waals surface area contributed by atoms with E-state index in [1.165, 1.54) is 0 Å². The smallest absolute Gasteiger partial charge is 0.267 e. The van der Waals surface area contributed by atoms with Crippen LogP contribution in [0.2, 0.25) is 0 Å². The van der Waals surface area contributed by atoms with Crippen LogP contribution in [0.1, 0.15) is 37.7 Å². The Bertz CT molecular complexity index is 1240. The Kier molecular flexibility index (Phi) is 5.94. The van der Waals surface area contributed by atoms with Gasteiger partial charge in [-0.15, -0.1) is 0 Å². The molecule has 1 unspecified atom stereocenters. The van der Waals surface area contributed by atoms with Crippen molar-refractivity contribution in [2.24, 2.45) is 5.92 Å². The van der Waals surface area contributed by atoms with E-state index in [9.17, 15) is 13.6 Å². The number of nitrogens with zero attached hydrogens (tertiary/aromatic N) is 4. The predicted octanol–water partition coefficient (Wildman–Crippen LogP) is 4.73. The van der Waals surface area contributed by atoms with Gasteiger partial charge in [0.05, 0.1) is 12.5 Å². The highest BCUT2D eigenvalue weighted by molar-refractivity contribution is 5.94. The van der Waals surface area contributed by atoms with Gasteiger partial charge in [0.2, 0.25) is 5.91 Å². The molecule has 2 saturated heterocycles. The molecule has 2 aliphatic heterocycles. The summed E-state index contributed by atoms with van der Waals surface area (Å²) in [5.41, 5.74) is 4.50. The molecule has 3 aliphatic rings. The number of halogens is 2. The van der Waals surface area contributed by atoms with Crippen LogP contribution in [0.15, 0.2) is 42.6 Å². The lowest BCUT2D eigenvalue weighted by Gasteiger charge is -2.38. The number of nitrogens with one attached hydrogen (secondary N) is 1. The summed E-state index contributed by atoms with van der Waals surface area (Å²) in [7, 11) is 0. The molecule has 0 bridgehead atoms. The first-order chi connectivity index (χ1) is 17.4. The second-order valence-electron chi connectivity index (χ2n) is 10.5. The molecular formula is C28H33F2N5O. The van der Waals surface area contributed by atoms with Gasteiger partial charge in [0.25, 0.3) is 5.92 Å². The van der Waals surface area contributed by atoms with Crippen LogP contribution in [0, 0.1) is 5.92 Å². The zero-order valence-corrected chi connectivity index (χ0v) is 20.7. The summed E-state index contributed by atoms with van der Waals surface area (Å²) >= 11 is 0. The number of carbonyl (C=O) groups excluding carboxylic acids is 1. The van der Waals surface area contributed by atoms with Gasteiger partial charge in [-0.25, -0.2) is 13.8 Å². The minimum atomic E-state index is -2.72. The summed E-state index contributed by atoms with van der Waals surface area (Å²) in [6.07, 6.45) is 4.36. The number of likely N-dealkylation sites (tertiary alicyclic amines) is 1. The number of pyridine rings is 1. The summed E-state index contributed by atoms with van der Waals surface area (Å²) in [5.74, 6) is -2.88. The monoisotopic (exact) mass is 493 g/mol. The number of aromatic amines is 1. The number of anilines is 1. The molecule has 1 N–H and O–H groups in total. The van der Waals surface area contributed by atoms with Crippen LogP contribution in [0.25, 0.3) is 22.3 Å². The van der Waals surface area contributed by atoms with Crippen LogP contribution < -0.4 is 4.90 Å². The lowest BCUT2D eigenvalue weighted by molar-refractivity contribution is -0.132. The molecule has 1 atom stereocenters. The molecule has 1 aromatic carbocycles. The van der Waals surface area contributed by atoms with Gasteiger partial charge in [-0.3, -0.25) is 9.69 Å². The molecule has 3 aromatic rings. The van der Waals surface area contributed by atoms with Crippen molar-refractivity contribution in [3.05, 3.63) is 48.2 Å². The van der Waals surface area contributed by atoms with Gasteiger partial charge in [0.1, 0.15) is 5.65 Å². The molecule has 1 amide bonds. The van der Waals surface area contributed by atoms with Gasteiger partial charge in [0.15, 0.2) is 0 Å². The molecular weight excluding hydrogens is 460 g/mol. The zero-order valence-electron chi connectivity index (χ0n) is 20.7. The Balaban J connectivity index is 1.20. The molecule has 4 heterocycles. The van der Waals surface area contributed by atoms with Gasteiger partial charge in [-0.05, 0) is 55.6 Å². The van der Waals surface area contributed by atoms with Crippen molar-refractivity contribution in [3.63, 3.8) is 0 Å². The average molecular weight is 494 g/mol. The number of alkyl halides is 2. The molecule has 0 spiro atoms. The van der Waals surface area contributed by atoms with Crippen molar-refractivity contribution in [1.29, 1.82) is 0 Å². The Hall–Kier alpha value is -3.00. The number of fused-ring (bicyclic) bond motifs is 1. The third-order valence-electron chi connectivity index (χ3n) is 8.12. The lowest BCUT2D eigenvalue weighted by atomic mass is 9.85. The predicted molar refractivity (Wildman–Crippen MR) is 137 cm³/mol. The van der Waals surface area contributed by atoms with Crippen LogP contribution in [-0.4, -0.2) is 77.4 Å². The van der Waals surface area contributed by atoms with E-state index in [0.717, 1.165) is 67.0 Å². The maximum absolute atomic E-state index is 14.8. The number of benzene rings is 1. The number of piperazine rings is 1. The molecule has 3 fully saturated rings. The zero-order chi connectivity index (χ0) is 24.9. The van der Waals surface area contributed by atoms with E-state index in [-0.39, 0.29) is 12.5 Å². The van der Waals surface area contributed by atoms with Crippen molar-refractivity contribution in [2.75, 3.05) is 50.7 Å². The van der Waals surface area contributed by atoms with Crippen molar-refractivity contribution < 1.29 is 13.6 Å². The first-order valence-electron chi connectivity index (χ1n) is 13.1. The molecule has 8 heteroatoms. The quantitative estimate of drug-likeness (QED) is 0.558. The first kappa shape index (κ1) is 23.4. The fraction of sp³-hybridized carbons (Fsp3) is 0.500. The molecule has 2 aromatic heterocycles. The number of rotatable bonds is 5. The van der Waals surface area contributed by atoms with Gasteiger partial charge in [-0.2, -0.15) is 0 Å². The van der Waals surface area contributed by atoms with Crippen LogP contribution in [0.4, 0.5) is 14.5 Å². The minimum Gasteiger partial charge on any atom is -0.367 e. The highest BCUT2D eigenvalue weighted by Gasteiger charge is 2.44. The van der Waals surface area contributed by atoms with E-state index in [4.69, 9.17) is 0 Å². The van der Waals surface area contributed by atoms with Crippen LogP contribution in [-0.2, 0) is 4.79 Å². The number of hydrogen-bond donors (Lipinski definition) is 1. The van der Waals surface area contributed by atoms with E-state index in [1.54, 1.807) is 0 Å². The van der Waals surface area contributed by atoms with Crippen LogP contribution in [0.3, 0.4) is 0 Å². The maximum atomic E-state index is 14.8. The van der Waals surface area contributed by atoms with E-state index >= 15 is 0 Å². The van der Waals surface area contributed by atoms with Gasteiger partial charge in [-0.1, -0.05) is 31.2 Å². The molecule has 6 nitrogen and oxygen atoms in total. The fourth-order valence-electron chi connectivity index (χ4n) is 5.79. The first-order valence-corrected chi connectivity index (χ1v) is 13.1. The van der Waals surface area contributed by atoms with Crippen LogP contribution in [0.5, 0.6) is 0 Å². The SMILES string of the molecule is CCN1CCC(c2ccc(-c3cc4c(N5CCN(C(=O)C6CC6)CC5)ccnc4[nH]3)cc2)C(F)(F)C1. The summed E-state index contributed by atoms with van der Waals surface area (Å²) in [4.78, 5) is 26.5. The van der Waals surface area contributed by atoms with Crippen molar-refractivity contribution in [1.82, 2.24) is 19.8 Å². The molecule has 0 radical (unpaired) electrons. The molecule has 1 aliphatic carbocycles. The number of H-pyrrole nitrogens is 1. The summed E-state index contributed by atoms with van der Waals surface area (Å²) < 4.78 is 29.6. The second kappa shape index (κ2) is 9.14. The Labute approximate surface area is 210 Å². The molecule has 190 valence electrons. The number of carbonyl (C=O) groups is 1. The number of hydrogen-bond acceptors (Lipinski definition) is 4. The number of piperidine rings is 1. The van der Waals surface area contributed by atoms with E-state index in [1.807, 2.05) is 53.3 Å². The van der Waals surface area contributed by atoms with Gasteiger partial charge in [0, 0.05) is 55.1 Å². The Morgan fingerprint density at radius 2 is 1.81 bits per heavy atom. The second-order valence-corrected chi connectivity index (χ2v) is 10.5. The lowest BCUT2D eigenvalue weighted by Crippen LogP contribution is -2.49. The maximum Gasteiger partial charge on any atom is 0.267 e. The minimum absolute atomic E-state index is 0.171. The number of amides is 1. The van der Waals surface area contributed by atoms with Gasteiger partial charge >= 0.3 is 0 Å². The fourth-order valence-corrected chi connectivity index (χ4v) is 5.79. The van der Waals surface area contributed by atoms with Crippen LogP contribution >= 0.6 is 0 Å². The van der Waals surface area contributed by atoms with E-state index in [0.29, 0.717) is 31.0 Å². The standard InChI is InChI=1S/C28H33F2N5O/c1-2-33-12-10-23(28(29,30)18-33)19-3-5-20(6-4-19)24-17-22-25(9-11-31-26(22)32-24)34-13-15-35(16-14-34)27(36)21-7-8-21/h3-6,9,11,17,21,23H,2,7-8,10,12-16,18H2,1H3,(H,31,32). The summed E-state index contributed by atoms with van der Waals surface area (Å²) in [6, 6.07) is 11.7. The molecule has 6 rings (SSSR count). The van der Waals surface area contributed by atoms with Crippen molar-refractivity contribution in [3.8, 4) is 11.3 Å². The average Bonchev–Trinajstić information content (AvgIpc) is 3.65.